The number of aliphatic hydroxyl groups excluding tert-OH is 1. The Morgan fingerprint density at radius 2 is 1.84 bits per heavy atom. The molecule has 3 fully saturated rings. The summed E-state index contributed by atoms with van der Waals surface area (Å²) in [5, 5.41) is 21.0. The maximum atomic E-state index is 11.9. The topological polar surface area (TPSA) is 66.8 Å². The van der Waals surface area contributed by atoms with E-state index < -0.39 is 11.6 Å². The van der Waals surface area contributed by atoms with Crippen molar-refractivity contribution in [1.82, 2.24) is 0 Å². The van der Waals surface area contributed by atoms with Crippen LogP contribution in [0.5, 0.6) is 0 Å². The second kappa shape index (κ2) is 3.73. The fourth-order valence-electron chi connectivity index (χ4n) is 5.14. The lowest BCUT2D eigenvalue weighted by Crippen LogP contribution is -2.61. The van der Waals surface area contributed by atoms with Crippen LogP contribution >= 0.6 is 0 Å². The summed E-state index contributed by atoms with van der Waals surface area (Å²) in [6.45, 7) is 6.72. The molecule has 0 radical (unpaired) electrons. The number of aliphatic hydroxyl groups is 2. The summed E-state index contributed by atoms with van der Waals surface area (Å²) in [5.41, 5.74) is -1.58. The normalized spacial score (nSPS) is 52.3. The Morgan fingerprint density at radius 3 is 2.53 bits per heavy atom. The number of fused-ring (bicyclic) bond motifs is 3. The number of esters is 1. The summed E-state index contributed by atoms with van der Waals surface area (Å²) < 4.78 is 5.16. The molecule has 0 aromatic heterocycles. The van der Waals surface area contributed by atoms with Crippen molar-refractivity contribution >= 4 is 5.97 Å². The molecule has 0 spiro atoms. The van der Waals surface area contributed by atoms with Crippen molar-refractivity contribution < 1.29 is 19.7 Å². The van der Waals surface area contributed by atoms with Gasteiger partial charge in [-0.1, -0.05) is 20.8 Å². The molecule has 19 heavy (non-hydrogen) atoms. The molecule has 3 aliphatic rings. The van der Waals surface area contributed by atoms with E-state index in [1.807, 2.05) is 0 Å². The van der Waals surface area contributed by atoms with Gasteiger partial charge in [-0.05, 0) is 42.4 Å². The SMILES string of the molecule is CC1(C)C(O)CCC2(C)C3COC(=O)C3(O)CCC12. The highest BCUT2D eigenvalue weighted by molar-refractivity contribution is 5.82. The molecule has 0 bridgehead atoms. The molecular weight excluding hydrogens is 244 g/mol. The molecule has 2 aliphatic carbocycles. The van der Waals surface area contributed by atoms with E-state index in [2.05, 4.69) is 20.8 Å². The zero-order valence-corrected chi connectivity index (χ0v) is 12.0. The largest absolute Gasteiger partial charge is 0.463 e. The lowest BCUT2D eigenvalue weighted by Gasteiger charge is -2.59. The third kappa shape index (κ3) is 1.50. The molecule has 4 nitrogen and oxygen atoms in total. The van der Waals surface area contributed by atoms with Crippen LogP contribution in [0.3, 0.4) is 0 Å². The Hall–Kier alpha value is -0.610. The van der Waals surface area contributed by atoms with Crippen molar-refractivity contribution in [2.75, 3.05) is 6.61 Å². The number of ether oxygens (including phenoxy) is 1. The minimum atomic E-state index is -1.29. The monoisotopic (exact) mass is 268 g/mol. The molecule has 108 valence electrons. The molecule has 2 saturated carbocycles. The molecule has 0 aromatic carbocycles. The molecular formula is C15H24O4. The zero-order chi connectivity index (χ0) is 14.1. The lowest BCUT2D eigenvalue weighted by atomic mass is 9.45. The van der Waals surface area contributed by atoms with Gasteiger partial charge in [0, 0.05) is 5.92 Å². The van der Waals surface area contributed by atoms with Gasteiger partial charge in [-0.2, -0.15) is 0 Å². The summed E-state index contributed by atoms with van der Waals surface area (Å²) in [6, 6.07) is 0. The molecule has 5 unspecified atom stereocenters. The van der Waals surface area contributed by atoms with E-state index in [1.165, 1.54) is 0 Å². The molecule has 0 amide bonds. The number of hydrogen-bond acceptors (Lipinski definition) is 4. The predicted octanol–water partition coefficient (Wildman–Crippen LogP) is 1.49. The Balaban J connectivity index is 2.01. The van der Waals surface area contributed by atoms with Crippen molar-refractivity contribution in [2.45, 2.75) is 58.2 Å². The quantitative estimate of drug-likeness (QED) is 0.653. The average Bonchev–Trinajstić information content (AvgIpc) is 2.63. The Morgan fingerprint density at radius 1 is 1.16 bits per heavy atom. The van der Waals surface area contributed by atoms with E-state index in [0.29, 0.717) is 18.9 Å². The van der Waals surface area contributed by atoms with Crippen molar-refractivity contribution in [2.24, 2.45) is 22.7 Å². The van der Waals surface area contributed by atoms with E-state index in [-0.39, 0.29) is 22.9 Å². The summed E-state index contributed by atoms with van der Waals surface area (Å²) in [4.78, 5) is 11.9. The van der Waals surface area contributed by atoms with E-state index >= 15 is 0 Å². The van der Waals surface area contributed by atoms with Gasteiger partial charge in [0.2, 0.25) is 0 Å². The summed E-state index contributed by atoms with van der Waals surface area (Å²) >= 11 is 0. The lowest BCUT2D eigenvalue weighted by molar-refractivity contribution is -0.189. The van der Waals surface area contributed by atoms with Gasteiger partial charge in [0.25, 0.3) is 0 Å². The molecule has 1 saturated heterocycles. The fourth-order valence-corrected chi connectivity index (χ4v) is 5.14. The molecule has 5 atom stereocenters. The molecule has 0 aromatic rings. The van der Waals surface area contributed by atoms with Crippen molar-refractivity contribution in [3.63, 3.8) is 0 Å². The minimum absolute atomic E-state index is 0.123. The van der Waals surface area contributed by atoms with E-state index in [4.69, 9.17) is 4.74 Å². The number of carbonyl (C=O) groups is 1. The van der Waals surface area contributed by atoms with Crippen LogP contribution < -0.4 is 0 Å². The van der Waals surface area contributed by atoms with Gasteiger partial charge in [0.1, 0.15) is 0 Å². The molecule has 1 heterocycles. The number of carbonyl (C=O) groups excluding carboxylic acids is 1. The summed E-state index contributed by atoms with van der Waals surface area (Å²) in [7, 11) is 0. The highest BCUT2D eigenvalue weighted by Crippen LogP contribution is 2.63. The number of hydrogen-bond donors (Lipinski definition) is 2. The van der Waals surface area contributed by atoms with Crippen LogP contribution in [0, 0.1) is 22.7 Å². The van der Waals surface area contributed by atoms with Crippen LogP contribution in [0.15, 0.2) is 0 Å². The third-order valence-corrected chi connectivity index (χ3v) is 6.43. The van der Waals surface area contributed by atoms with E-state index in [9.17, 15) is 15.0 Å². The van der Waals surface area contributed by atoms with Gasteiger partial charge in [0.15, 0.2) is 5.60 Å². The Bertz CT molecular complexity index is 418. The summed E-state index contributed by atoms with van der Waals surface area (Å²) in [6.07, 6.45) is 2.54. The van der Waals surface area contributed by atoms with Crippen LogP contribution in [-0.4, -0.2) is 34.5 Å². The van der Waals surface area contributed by atoms with Crippen molar-refractivity contribution in [3.8, 4) is 0 Å². The van der Waals surface area contributed by atoms with Gasteiger partial charge in [-0.3, -0.25) is 0 Å². The second-order valence-corrected chi connectivity index (χ2v) is 7.55. The first-order valence-corrected chi connectivity index (χ1v) is 7.30. The average molecular weight is 268 g/mol. The van der Waals surface area contributed by atoms with Crippen LogP contribution in [0.25, 0.3) is 0 Å². The fraction of sp³-hybridized carbons (Fsp3) is 0.933. The second-order valence-electron chi connectivity index (χ2n) is 7.55. The third-order valence-electron chi connectivity index (χ3n) is 6.43. The predicted molar refractivity (Wildman–Crippen MR) is 69.3 cm³/mol. The molecule has 4 heteroatoms. The van der Waals surface area contributed by atoms with Crippen LogP contribution in [-0.2, 0) is 9.53 Å². The smallest absolute Gasteiger partial charge is 0.338 e. The van der Waals surface area contributed by atoms with E-state index in [0.717, 1.165) is 19.3 Å². The highest BCUT2D eigenvalue weighted by atomic mass is 16.6. The van der Waals surface area contributed by atoms with Gasteiger partial charge in [-0.25, -0.2) is 4.79 Å². The van der Waals surface area contributed by atoms with Crippen LogP contribution in [0.1, 0.15) is 46.5 Å². The van der Waals surface area contributed by atoms with Gasteiger partial charge in [-0.15, -0.1) is 0 Å². The van der Waals surface area contributed by atoms with E-state index in [1.54, 1.807) is 0 Å². The zero-order valence-electron chi connectivity index (χ0n) is 12.0. The van der Waals surface area contributed by atoms with Crippen molar-refractivity contribution in [3.05, 3.63) is 0 Å². The minimum Gasteiger partial charge on any atom is -0.463 e. The Kier molecular flexibility index (Phi) is 2.63. The van der Waals surface area contributed by atoms with Gasteiger partial charge in [0.05, 0.1) is 12.7 Å². The summed E-state index contributed by atoms with van der Waals surface area (Å²) in [5.74, 6) is -0.248. The van der Waals surface area contributed by atoms with Crippen molar-refractivity contribution in [1.29, 1.82) is 0 Å². The molecule has 2 N–H and O–H groups in total. The maximum Gasteiger partial charge on any atom is 0.338 e. The first-order chi connectivity index (χ1) is 8.73. The van der Waals surface area contributed by atoms with Crippen LogP contribution in [0.4, 0.5) is 0 Å². The Labute approximate surface area is 114 Å². The standard InChI is InChI=1S/C15H24O4/c1-13(2)9-4-7-15(18)10(8-19-12(15)17)14(9,3)6-5-11(13)16/h9-11,16,18H,4-8H2,1-3H3. The first-order valence-electron chi connectivity index (χ1n) is 7.30. The molecule has 3 rings (SSSR count). The maximum absolute atomic E-state index is 11.9. The van der Waals surface area contributed by atoms with Gasteiger partial charge < -0.3 is 14.9 Å². The molecule has 1 aliphatic heterocycles. The first kappa shape index (κ1) is 13.4. The number of cyclic esters (lactones) is 1. The van der Waals surface area contributed by atoms with Crippen LogP contribution in [0.2, 0.25) is 0 Å². The highest BCUT2D eigenvalue weighted by Gasteiger charge is 2.66. The number of rotatable bonds is 0. The van der Waals surface area contributed by atoms with Gasteiger partial charge >= 0.3 is 5.97 Å².